The highest BCUT2D eigenvalue weighted by Crippen LogP contribution is 2.12. The van der Waals surface area contributed by atoms with Gasteiger partial charge in [-0.15, -0.1) is 0 Å². The molecule has 0 spiro atoms. The molecule has 0 saturated carbocycles. The fourth-order valence-corrected chi connectivity index (χ4v) is 1.46. The largest absolute Gasteiger partial charge is 0.479 e. The van der Waals surface area contributed by atoms with Crippen molar-refractivity contribution >= 4 is 17.6 Å². The van der Waals surface area contributed by atoms with E-state index >= 15 is 0 Å². The van der Waals surface area contributed by atoms with Crippen molar-refractivity contribution in [2.75, 3.05) is 12.4 Å². The first-order valence-electron chi connectivity index (χ1n) is 5.71. The van der Waals surface area contributed by atoms with Crippen molar-refractivity contribution in [3.63, 3.8) is 0 Å². The van der Waals surface area contributed by atoms with Gasteiger partial charge in [-0.3, -0.25) is 4.79 Å². The number of aliphatic carboxylic acids is 1. The van der Waals surface area contributed by atoms with Crippen molar-refractivity contribution in [2.24, 2.45) is 0 Å². The molecule has 1 aromatic rings. The van der Waals surface area contributed by atoms with Gasteiger partial charge in [-0.2, -0.15) is 0 Å². The van der Waals surface area contributed by atoms with E-state index in [1.807, 2.05) is 0 Å². The fourth-order valence-electron chi connectivity index (χ4n) is 1.46. The molecular formula is C13H17NO4. The monoisotopic (exact) mass is 251 g/mol. The third-order valence-corrected chi connectivity index (χ3v) is 2.54. The Bertz CT molecular complexity index is 414. The van der Waals surface area contributed by atoms with Crippen LogP contribution in [0.5, 0.6) is 0 Å². The number of carboxylic acid groups (broad SMARTS) is 1. The Hall–Kier alpha value is -1.88. The maximum atomic E-state index is 11.2. The van der Waals surface area contributed by atoms with Crippen molar-refractivity contribution in [2.45, 2.75) is 25.9 Å². The van der Waals surface area contributed by atoms with Gasteiger partial charge in [0.25, 0.3) is 0 Å². The van der Waals surface area contributed by atoms with Crippen LogP contribution < -0.4 is 5.32 Å². The lowest BCUT2D eigenvalue weighted by Gasteiger charge is -2.11. The number of hydrogen-bond donors (Lipinski definition) is 2. The van der Waals surface area contributed by atoms with Crippen molar-refractivity contribution in [1.29, 1.82) is 0 Å². The van der Waals surface area contributed by atoms with Crippen LogP contribution in [0.1, 0.15) is 18.9 Å². The summed E-state index contributed by atoms with van der Waals surface area (Å²) in [6.45, 7) is 1.78. The first-order chi connectivity index (χ1) is 8.56. The molecule has 1 unspecified atom stereocenters. The number of benzene rings is 1. The second kappa shape index (κ2) is 6.76. The van der Waals surface area contributed by atoms with Gasteiger partial charge in [-0.05, 0) is 17.7 Å². The second-order valence-electron chi connectivity index (χ2n) is 3.87. The average molecular weight is 251 g/mol. The molecule has 0 aliphatic carbocycles. The number of anilines is 1. The van der Waals surface area contributed by atoms with E-state index in [1.165, 1.54) is 7.11 Å². The zero-order valence-electron chi connectivity index (χ0n) is 10.5. The predicted molar refractivity (Wildman–Crippen MR) is 67.5 cm³/mol. The van der Waals surface area contributed by atoms with Gasteiger partial charge in [-0.25, -0.2) is 4.79 Å². The molecule has 0 aliphatic heterocycles. The summed E-state index contributed by atoms with van der Waals surface area (Å²) in [4.78, 5) is 22.0. The average Bonchev–Trinajstić information content (AvgIpc) is 2.37. The van der Waals surface area contributed by atoms with Gasteiger partial charge in [0.15, 0.2) is 6.10 Å². The van der Waals surface area contributed by atoms with Gasteiger partial charge >= 0.3 is 5.97 Å². The maximum absolute atomic E-state index is 11.2. The number of carboxylic acids is 1. The second-order valence-corrected chi connectivity index (χ2v) is 3.87. The number of rotatable bonds is 6. The van der Waals surface area contributed by atoms with Crippen LogP contribution >= 0.6 is 0 Å². The van der Waals surface area contributed by atoms with E-state index in [4.69, 9.17) is 9.84 Å². The Kier molecular flexibility index (Phi) is 5.32. The first kappa shape index (κ1) is 14.2. The number of ether oxygens (including phenoxy) is 1. The molecule has 1 amide bonds. The van der Waals surface area contributed by atoms with E-state index in [2.05, 4.69) is 5.32 Å². The number of carbonyl (C=O) groups is 2. The van der Waals surface area contributed by atoms with E-state index < -0.39 is 12.1 Å². The zero-order chi connectivity index (χ0) is 13.5. The number of methoxy groups -OCH3 is 1. The molecule has 0 radical (unpaired) electrons. The number of nitrogens with one attached hydrogen (secondary N) is 1. The molecule has 1 atom stereocenters. The van der Waals surface area contributed by atoms with Crippen LogP contribution in [0.25, 0.3) is 0 Å². The molecule has 5 nitrogen and oxygen atoms in total. The lowest BCUT2D eigenvalue weighted by atomic mass is 10.1. The molecular weight excluding hydrogens is 234 g/mol. The molecule has 18 heavy (non-hydrogen) atoms. The van der Waals surface area contributed by atoms with E-state index in [1.54, 1.807) is 31.2 Å². The molecule has 0 bridgehead atoms. The minimum atomic E-state index is -0.985. The first-order valence-corrected chi connectivity index (χ1v) is 5.71. The molecule has 5 heteroatoms. The summed E-state index contributed by atoms with van der Waals surface area (Å²) < 4.78 is 4.86. The number of carbonyl (C=O) groups excluding carboxylic acids is 1. The Balaban J connectivity index is 2.65. The standard InChI is InChI=1S/C13H17NO4/c1-3-12(15)14-10-6-4-9(5-7-10)8-11(18-2)13(16)17/h4-7,11H,3,8H2,1-2H3,(H,14,15)(H,16,17). The lowest BCUT2D eigenvalue weighted by molar-refractivity contribution is -0.148. The summed E-state index contributed by atoms with van der Waals surface area (Å²) in [6.07, 6.45) is -0.124. The van der Waals surface area contributed by atoms with Crippen LogP contribution in [0, 0.1) is 0 Å². The summed E-state index contributed by atoms with van der Waals surface area (Å²) in [6, 6.07) is 7.05. The highest BCUT2D eigenvalue weighted by Gasteiger charge is 2.16. The van der Waals surface area contributed by atoms with Crippen LogP contribution in [0.4, 0.5) is 5.69 Å². The molecule has 0 fully saturated rings. The smallest absolute Gasteiger partial charge is 0.333 e. The van der Waals surface area contributed by atoms with E-state index in [9.17, 15) is 9.59 Å². The van der Waals surface area contributed by atoms with Gasteiger partial charge in [0.05, 0.1) is 0 Å². The highest BCUT2D eigenvalue weighted by molar-refractivity contribution is 5.90. The minimum absolute atomic E-state index is 0.0527. The molecule has 0 aromatic heterocycles. The normalized spacial score (nSPS) is 11.9. The summed E-state index contributed by atoms with van der Waals surface area (Å²) in [5.74, 6) is -1.04. The summed E-state index contributed by atoms with van der Waals surface area (Å²) in [5.41, 5.74) is 1.55. The lowest BCUT2D eigenvalue weighted by Crippen LogP contribution is -2.24. The molecule has 98 valence electrons. The molecule has 1 aromatic carbocycles. The minimum Gasteiger partial charge on any atom is -0.479 e. The van der Waals surface area contributed by atoms with Crippen LogP contribution in [0.2, 0.25) is 0 Å². The molecule has 0 saturated heterocycles. The van der Waals surface area contributed by atoms with Crippen molar-refractivity contribution in [1.82, 2.24) is 0 Å². The highest BCUT2D eigenvalue weighted by atomic mass is 16.5. The Labute approximate surface area is 106 Å². The van der Waals surface area contributed by atoms with Crippen LogP contribution in [-0.2, 0) is 20.7 Å². The Morgan fingerprint density at radius 3 is 2.39 bits per heavy atom. The SMILES string of the molecule is CCC(=O)Nc1ccc(CC(OC)C(=O)O)cc1. The number of amides is 1. The van der Waals surface area contributed by atoms with E-state index in [0.29, 0.717) is 18.5 Å². The third kappa shape index (κ3) is 4.18. The van der Waals surface area contributed by atoms with Crippen LogP contribution in [-0.4, -0.2) is 30.2 Å². The van der Waals surface area contributed by atoms with Crippen molar-refractivity contribution in [3.05, 3.63) is 29.8 Å². The van der Waals surface area contributed by atoms with Crippen molar-refractivity contribution < 1.29 is 19.4 Å². The quantitative estimate of drug-likeness (QED) is 0.806. The number of hydrogen-bond acceptors (Lipinski definition) is 3. The van der Waals surface area contributed by atoms with Crippen molar-refractivity contribution in [3.8, 4) is 0 Å². The summed E-state index contributed by atoms with van der Waals surface area (Å²) in [5, 5.41) is 11.6. The molecule has 0 aliphatic rings. The third-order valence-electron chi connectivity index (χ3n) is 2.54. The summed E-state index contributed by atoms with van der Waals surface area (Å²) in [7, 11) is 1.37. The molecule has 1 rings (SSSR count). The fraction of sp³-hybridized carbons (Fsp3) is 0.385. The topological polar surface area (TPSA) is 75.6 Å². The molecule has 2 N–H and O–H groups in total. The zero-order valence-corrected chi connectivity index (χ0v) is 10.5. The van der Waals surface area contributed by atoms with Crippen LogP contribution in [0.3, 0.4) is 0 Å². The van der Waals surface area contributed by atoms with Gasteiger partial charge in [0.2, 0.25) is 5.91 Å². The maximum Gasteiger partial charge on any atom is 0.333 e. The predicted octanol–water partition coefficient (Wildman–Crippen LogP) is 1.68. The van der Waals surface area contributed by atoms with Gasteiger partial charge in [0, 0.05) is 25.6 Å². The van der Waals surface area contributed by atoms with E-state index in [-0.39, 0.29) is 5.91 Å². The Morgan fingerprint density at radius 2 is 1.94 bits per heavy atom. The van der Waals surface area contributed by atoms with Gasteiger partial charge < -0.3 is 15.2 Å². The van der Waals surface area contributed by atoms with Gasteiger partial charge in [-0.1, -0.05) is 19.1 Å². The molecule has 0 heterocycles. The Morgan fingerprint density at radius 1 is 1.33 bits per heavy atom. The van der Waals surface area contributed by atoms with E-state index in [0.717, 1.165) is 5.56 Å². The van der Waals surface area contributed by atoms with Crippen LogP contribution in [0.15, 0.2) is 24.3 Å². The van der Waals surface area contributed by atoms with Gasteiger partial charge in [0.1, 0.15) is 0 Å². The summed E-state index contributed by atoms with van der Waals surface area (Å²) >= 11 is 0.